The molecule has 632 valence electrons. The van der Waals surface area contributed by atoms with E-state index >= 15 is 0 Å². The summed E-state index contributed by atoms with van der Waals surface area (Å²) in [7, 11) is -30.7. The molecule has 0 fully saturated rings. The van der Waals surface area contributed by atoms with Gasteiger partial charge in [-0.2, -0.15) is 0 Å². The summed E-state index contributed by atoms with van der Waals surface area (Å²) in [6, 6.07) is 0. The first-order valence-electron chi connectivity index (χ1n) is 36.7. The molecule has 0 bridgehead atoms. The first-order valence-corrected chi connectivity index (χ1v) is 47.2. The van der Waals surface area contributed by atoms with E-state index in [-0.39, 0.29) is 194 Å². The van der Waals surface area contributed by atoms with Crippen LogP contribution in [0.25, 0.3) is 0 Å². The van der Waals surface area contributed by atoms with Gasteiger partial charge in [-0.05, 0) is 109 Å². The second kappa shape index (κ2) is 62.2. The molecule has 0 spiro atoms. The van der Waals surface area contributed by atoms with E-state index in [4.69, 9.17) is 58.8 Å². The topological polar surface area (TPSA) is 553 Å². The fraction of sp³-hybridized carbons (Fsp3) is 0.902. The fourth-order valence-electron chi connectivity index (χ4n) is 8.90. The number of unbranched alkanes of at least 4 members (excludes halogenated alkanes) is 14. The Morgan fingerprint density at radius 3 is 0.692 bits per heavy atom. The maximum absolute atomic E-state index is 13.2. The van der Waals surface area contributed by atoms with Gasteiger partial charge in [-0.1, -0.05) is 79.1 Å². The van der Waals surface area contributed by atoms with Crippen LogP contribution in [0, 0.1) is 0 Å². The number of hydrogen-bond acceptors (Lipinski definition) is 27. The summed E-state index contributed by atoms with van der Waals surface area (Å²) in [5.41, 5.74) is 0. The van der Waals surface area contributed by atoms with Crippen LogP contribution in [0.4, 0.5) is 0 Å². The van der Waals surface area contributed by atoms with Gasteiger partial charge in [0, 0.05) is 84.8 Å². The number of rotatable bonds is 76. The van der Waals surface area contributed by atoms with Crippen LogP contribution in [0.3, 0.4) is 0 Å². The number of ketones is 1. The fourth-order valence-corrected chi connectivity index (χ4v) is 14.6. The molecule has 0 aromatic heterocycles. The van der Waals surface area contributed by atoms with E-state index < -0.39 is 142 Å². The molecule has 0 saturated carbocycles. The molecule has 0 heterocycles. The minimum Gasteiger partial charge on any atom is -0.353 e. The Labute approximate surface area is 629 Å². The maximum Gasteiger partial charge on any atom is 0.472 e. The van der Waals surface area contributed by atoms with Crippen LogP contribution in [0.2, 0.25) is 0 Å². The summed E-state index contributed by atoms with van der Waals surface area (Å²) in [4.78, 5) is 148. The average molecular weight is 1690 g/mol. The maximum atomic E-state index is 13.2. The van der Waals surface area contributed by atoms with E-state index in [1.807, 2.05) is 27.7 Å². The first-order chi connectivity index (χ1) is 50.5. The Morgan fingerprint density at radius 2 is 0.458 bits per heavy atom. The molecule has 5 amide bonds. The van der Waals surface area contributed by atoms with Gasteiger partial charge >= 0.3 is 54.8 Å². The highest BCUT2D eigenvalue weighted by Crippen LogP contribution is 2.49. The Balaban J connectivity index is 5.45. The van der Waals surface area contributed by atoms with Gasteiger partial charge in [0.1, 0.15) is 18.0 Å². The van der Waals surface area contributed by atoms with Crippen molar-refractivity contribution in [2.24, 2.45) is 0 Å². The smallest absolute Gasteiger partial charge is 0.353 e. The lowest BCUT2D eigenvalue weighted by molar-refractivity contribution is -0.123. The van der Waals surface area contributed by atoms with Crippen LogP contribution in [0.15, 0.2) is 0 Å². The van der Waals surface area contributed by atoms with E-state index in [9.17, 15) is 95.0 Å². The number of phosphoric ester groups is 7. The number of hydrogen-bond donors (Lipinski definition) is 12. The zero-order chi connectivity index (χ0) is 80.4. The lowest BCUT2D eigenvalue weighted by Gasteiger charge is -2.22. The molecule has 9 unspecified atom stereocenters. The van der Waals surface area contributed by atoms with Crippen LogP contribution in [0.1, 0.15) is 233 Å². The third-order valence-electron chi connectivity index (χ3n) is 14.8. The van der Waals surface area contributed by atoms with Crippen LogP contribution in [-0.2, 0) is 124 Å². The Hall–Kier alpha value is -2.21. The molecule has 39 nitrogen and oxygen atoms in total. The summed E-state index contributed by atoms with van der Waals surface area (Å²) in [6.45, 7) is 4.53. The molecule has 0 radical (unpaired) electrons. The first kappa shape index (κ1) is 105. The zero-order valence-corrected chi connectivity index (χ0v) is 69.0. The van der Waals surface area contributed by atoms with Crippen molar-refractivity contribution in [3.8, 4) is 0 Å². The predicted octanol–water partition coefficient (Wildman–Crippen LogP) is 10.4. The average Bonchev–Trinajstić information content (AvgIpc) is 0.918. The molecule has 0 aliphatic rings. The Bertz CT molecular complexity index is 2520. The summed E-state index contributed by atoms with van der Waals surface area (Å²) >= 11 is 0. The van der Waals surface area contributed by atoms with Gasteiger partial charge in [-0.3, -0.25) is 92.1 Å². The summed E-state index contributed by atoms with van der Waals surface area (Å²) in [5, 5.41) is 12.7. The van der Waals surface area contributed by atoms with Crippen molar-refractivity contribution in [1.82, 2.24) is 26.6 Å². The van der Waals surface area contributed by atoms with Crippen molar-refractivity contribution >= 4 is 90.1 Å². The number of carbonyl (C=O) groups is 6. The monoisotopic (exact) mass is 1690 g/mol. The molecule has 9 atom stereocenters. The van der Waals surface area contributed by atoms with E-state index in [1.54, 1.807) is 0 Å². The van der Waals surface area contributed by atoms with Crippen LogP contribution in [0.5, 0.6) is 0 Å². The minimum absolute atomic E-state index is 0.00819. The highest BCUT2D eigenvalue weighted by atomic mass is 31.2. The van der Waals surface area contributed by atoms with Gasteiger partial charge in [-0.25, -0.2) is 32.0 Å². The van der Waals surface area contributed by atoms with Crippen molar-refractivity contribution in [2.75, 3.05) is 106 Å². The lowest BCUT2D eigenvalue weighted by Crippen LogP contribution is -2.41. The second-order valence-corrected chi connectivity index (χ2v) is 34.8. The molecule has 0 aromatic rings. The van der Waals surface area contributed by atoms with Crippen molar-refractivity contribution < 1.29 is 158 Å². The molecular weight excluding hydrogens is 1560 g/mol. The quantitative estimate of drug-likeness (QED) is 0.0199. The summed E-state index contributed by atoms with van der Waals surface area (Å²) < 4.78 is 157. The van der Waals surface area contributed by atoms with Crippen LogP contribution in [-0.4, -0.2) is 194 Å². The summed E-state index contributed by atoms with van der Waals surface area (Å²) in [5.74, 6) is -3.12. The van der Waals surface area contributed by atoms with E-state index in [2.05, 4.69) is 31.1 Å². The largest absolute Gasteiger partial charge is 0.472 e. The summed E-state index contributed by atoms with van der Waals surface area (Å²) in [6.07, 6.45) is 6.14. The molecule has 12 N–H and O–H groups in total. The standard InChI is InChI=1S/C61H124N5O34P7/c1-6-10-20-38-88-102(75,76)92-42-24-14-30-53(67)36-37-54(48-62-57(68)31-15-25-43-93-103(77,78)89-39-21-11-7-2)98-106(83,84)96-46-28-18-34-58(69)63-49-55(99-101(73,74)87-5)50-64-59(70)35-19-29-47-97-107(85,86)100-56(51-65-60(71)32-16-26-44-94-104(79,80)90-40-22-12-8-3)52-66-61(72)33-17-27-45-95-105(81,82)91-41-23-13-9-4/h54-56H,6-52H2,1-5H3,(H,62,68)(H,63,69)(H,64,70)(H,65,71)(H,66,72)(H,73,74)(H,75,76)(H,77,78)(H,79,80)(H,81,82)(H,83,84)(H,85,86). The number of phosphoric acid groups is 7. The third kappa shape index (κ3) is 65.9. The van der Waals surface area contributed by atoms with Gasteiger partial charge in [0.15, 0.2) is 0 Å². The van der Waals surface area contributed by atoms with Crippen LogP contribution < -0.4 is 26.6 Å². The molecule has 107 heavy (non-hydrogen) atoms. The van der Waals surface area contributed by atoms with Gasteiger partial charge in [0.05, 0.1) is 72.2 Å². The van der Waals surface area contributed by atoms with E-state index in [0.29, 0.717) is 25.7 Å². The normalized spacial score (nSPS) is 16.6. The molecular formula is C61H124N5O34P7. The van der Waals surface area contributed by atoms with Gasteiger partial charge in [0.2, 0.25) is 29.5 Å². The van der Waals surface area contributed by atoms with Crippen molar-refractivity contribution in [3.05, 3.63) is 0 Å². The number of Topliss-reactive ketones (excluding diaryl/α,β-unsaturated/α-hetero) is 1. The van der Waals surface area contributed by atoms with Gasteiger partial charge in [-0.15, -0.1) is 0 Å². The molecule has 0 saturated heterocycles. The van der Waals surface area contributed by atoms with Crippen molar-refractivity contribution in [1.29, 1.82) is 0 Å². The second-order valence-electron chi connectivity index (χ2n) is 24.6. The number of nitrogens with one attached hydrogen (secondary N) is 5. The zero-order valence-electron chi connectivity index (χ0n) is 62.7. The van der Waals surface area contributed by atoms with Crippen molar-refractivity contribution in [3.63, 3.8) is 0 Å². The Morgan fingerprint density at radius 1 is 0.262 bits per heavy atom. The molecule has 0 aliphatic heterocycles. The van der Waals surface area contributed by atoms with Crippen LogP contribution >= 0.6 is 54.8 Å². The molecule has 0 aliphatic carbocycles. The molecule has 0 rings (SSSR count). The number of carbonyl (C=O) groups excluding carboxylic acids is 6. The SMILES string of the molecule is CCCCCOP(=O)(O)OCCCCC(=O)CCC(CNC(=O)CCCCOP(=O)(O)OCCCCC)OP(=O)(O)OCCCCC(=O)NCC(CNC(=O)CCCCOP(=O)(O)OC(CNC(=O)CCCCOP(=O)(O)OCCCCC)CNC(=O)CCCCOP(=O)(O)OCCCCC)OP(=O)(O)OC. The lowest BCUT2D eigenvalue weighted by atomic mass is 10.1. The van der Waals surface area contributed by atoms with E-state index in [1.165, 1.54) is 0 Å². The number of amides is 5. The predicted molar refractivity (Wildman–Crippen MR) is 390 cm³/mol. The van der Waals surface area contributed by atoms with Gasteiger partial charge in [0.25, 0.3) is 0 Å². The van der Waals surface area contributed by atoms with Gasteiger partial charge < -0.3 is 60.8 Å². The highest BCUT2D eigenvalue weighted by Gasteiger charge is 2.32. The highest BCUT2D eigenvalue weighted by molar-refractivity contribution is 7.49. The van der Waals surface area contributed by atoms with E-state index in [0.717, 1.165) is 58.5 Å². The van der Waals surface area contributed by atoms with Crippen molar-refractivity contribution in [2.45, 2.75) is 251 Å². The third-order valence-corrected chi connectivity index (χ3v) is 22.1. The Kier molecular flexibility index (Phi) is 60.9. The minimum atomic E-state index is -4.92. The molecule has 0 aromatic carbocycles. The molecule has 46 heteroatoms.